The molecule has 156 valence electrons. The van der Waals surface area contributed by atoms with Crippen molar-refractivity contribution < 1.29 is 17.9 Å². The molecule has 1 aromatic heterocycles. The molecule has 1 saturated heterocycles. The monoisotopic (exact) mass is 417 g/mol. The van der Waals surface area contributed by atoms with Gasteiger partial charge in [-0.15, -0.1) is 0 Å². The Bertz CT molecular complexity index is 1060. The number of aryl methyl sites for hydroxylation is 1. The summed E-state index contributed by atoms with van der Waals surface area (Å²) in [5.74, 6) is 1.27. The minimum absolute atomic E-state index is 0.0799. The molecule has 0 N–H and O–H groups in total. The number of hydrogen-bond donors (Lipinski definition) is 0. The van der Waals surface area contributed by atoms with E-state index in [1.165, 1.54) is 5.56 Å². The van der Waals surface area contributed by atoms with Crippen LogP contribution < -0.4 is 4.74 Å². The van der Waals surface area contributed by atoms with Crippen LogP contribution in [0.25, 0.3) is 0 Å². The van der Waals surface area contributed by atoms with Gasteiger partial charge in [0.1, 0.15) is 5.75 Å². The third-order valence-corrected chi connectivity index (χ3v) is 7.89. The zero-order chi connectivity index (χ0) is 20.8. The molecule has 1 atom stereocenters. The Hall–Kier alpha value is -2.35. The molecule has 4 rings (SSSR count). The lowest BCUT2D eigenvalue weighted by atomic mass is 9.98. The number of carbonyl (C=O) groups is 1. The van der Waals surface area contributed by atoms with Crippen molar-refractivity contribution in [1.82, 2.24) is 14.7 Å². The molecule has 0 spiro atoms. The maximum atomic E-state index is 13.0. The average molecular weight is 418 g/mol. The largest absolute Gasteiger partial charge is 0.497 e. The standard InChI is InChI=1S/C21H27N3O4S/c1-14-20(15(2)24(22-14)18-7-9-29(26,27)13-18)11-21(25)23-8-6-16-10-19(28-3)5-4-17(16)12-23/h4-5,10,18H,6-9,11-13H2,1-3H3. The Balaban J connectivity index is 1.49. The quantitative estimate of drug-likeness (QED) is 0.760. The third kappa shape index (κ3) is 3.90. The van der Waals surface area contributed by atoms with Gasteiger partial charge in [-0.25, -0.2) is 8.42 Å². The average Bonchev–Trinajstić information content (AvgIpc) is 3.20. The summed E-state index contributed by atoms with van der Waals surface area (Å²) in [7, 11) is -1.32. The fourth-order valence-corrected chi connectivity index (χ4v) is 6.10. The smallest absolute Gasteiger partial charge is 0.227 e. The molecule has 1 unspecified atom stereocenters. The van der Waals surface area contributed by atoms with E-state index in [0.29, 0.717) is 25.9 Å². The predicted octanol–water partition coefficient (Wildman–Crippen LogP) is 2.00. The summed E-state index contributed by atoms with van der Waals surface area (Å²) >= 11 is 0. The van der Waals surface area contributed by atoms with Gasteiger partial charge < -0.3 is 9.64 Å². The van der Waals surface area contributed by atoms with Gasteiger partial charge in [0.25, 0.3) is 0 Å². The number of nitrogens with zero attached hydrogens (tertiary/aromatic N) is 3. The maximum absolute atomic E-state index is 13.0. The molecule has 0 bridgehead atoms. The molecule has 7 nitrogen and oxygen atoms in total. The first-order valence-electron chi connectivity index (χ1n) is 9.96. The number of carbonyl (C=O) groups excluding carboxylic acids is 1. The predicted molar refractivity (Wildman–Crippen MR) is 110 cm³/mol. The molecule has 3 heterocycles. The van der Waals surface area contributed by atoms with Crippen molar-refractivity contribution in [3.05, 3.63) is 46.3 Å². The van der Waals surface area contributed by atoms with Crippen LogP contribution in [-0.2, 0) is 34.0 Å². The number of aromatic nitrogens is 2. The van der Waals surface area contributed by atoms with Crippen molar-refractivity contribution >= 4 is 15.7 Å². The lowest BCUT2D eigenvalue weighted by Crippen LogP contribution is -2.37. The Kier molecular flexibility index (Phi) is 5.14. The minimum Gasteiger partial charge on any atom is -0.497 e. The van der Waals surface area contributed by atoms with Gasteiger partial charge >= 0.3 is 0 Å². The molecule has 1 fully saturated rings. The van der Waals surface area contributed by atoms with Crippen LogP contribution in [0.5, 0.6) is 5.75 Å². The van der Waals surface area contributed by atoms with E-state index in [0.717, 1.165) is 34.7 Å². The number of hydrogen-bond acceptors (Lipinski definition) is 5. The Morgan fingerprint density at radius 1 is 1.28 bits per heavy atom. The molecular weight excluding hydrogens is 390 g/mol. The van der Waals surface area contributed by atoms with Gasteiger partial charge in [-0.3, -0.25) is 9.48 Å². The van der Waals surface area contributed by atoms with Crippen LogP contribution in [0.1, 0.15) is 40.5 Å². The van der Waals surface area contributed by atoms with E-state index in [9.17, 15) is 13.2 Å². The summed E-state index contributed by atoms with van der Waals surface area (Å²) in [4.78, 5) is 14.9. The number of rotatable bonds is 4. The van der Waals surface area contributed by atoms with Gasteiger partial charge in [-0.2, -0.15) is 5.10 Å². The van der Waals surface area contributed by atoms with E-state index in [-0.39, 0.29) is 23.5 Å². The number of amides is 1. The summed E-state index contributed by atoms with van der Waals surface area (Å²) in [5.41, 5.74) is 5.02. The van der Waals surface area contributed by atoms with Crippen LogP contribution in [0.2, 0.25) is 0 Å². The van der Waals surface area contributed by atoms with Crippen LogP contribution in [-0.4, -0.2) is 54.2 Å². The van der Waals surface area contributed by atoms with Crippen molar-refractivity contribution in [3.8, 4) is 5.75 Å². The first-order valence-corrected chi connectivity index (χ1v) is 11.8. The lowest BCUT2D eigenvalue weighted by Gasteiger charge is -2.29. The Labute approximate surface area is 171 Å². The molecule has 1 aromatic carbocycles. The maximum Gasteiger partial charge on any atom is 0.227 e. The van der Waals surface area contributed by atoms with E-state index in [2.05, 4.69) is 5.10 Å². The van der Waals surface area contributed by atoms with E-state index in [1.54, 1.807) is 7.11 Å². The van der Waals surface area contributed by atoms with Crippen molar-refractivity contribution in [2.75, 3.05) is 25.2 Å². The van der Waals surface area contributed by atoms with Gasteiger partial charge in [-0.05, 0) is 49.9 Å². The third-order valence-electron chi connectivity index (χ3n) is 6.14. The second-order valence-electron chi connectivity index (χ2n) is 8.03. The van der Waals surface area contributed by atoms with Crippen LogP contribution in [0, 0.1) is 13.8 Å². The fraction of sp³-hybridized carbons (Fsp3) is 0.524. The van der Waals surface area contributed by atoms with E-state index < -0.39 is 9.84 Å². The summed E-state index contributed by atoms with van der Waals surface area (Å²) in [6.45, 7) is 5.12. The van der Waals surface area contributed by atoms with Crippen LogP contribution >= 0.6 is 0 Å². The van der Waals surface area contributed by atoms with Crippen molar-refractivity contribution in [1.29, 1.82) is 0 Å². The van der Waals surface area contributed by atoms with Crippen molar-refractivity contribution in [2.45, 2.75) is 45.7 Å². The van der Waals surface area contributed by atoms with E-state index in [1.807, 2.05) is 41.6 Å². The topological polar surface area (TPSA) is 81.5 Å². The summed E-state index contributed by atoms with van der Waals surface area (Å²) in [6, 6.07) is 5.88. The van der Waals surface area contributed by atoms with Gasteiger partial charge in [0.15, 0.2) is 9.84 Å². The molecule has 1 amide bonds. The van der Waals surface area contributed by atoms with Crippen molar-refractivity contribution in [2.24, 2.45) is 0 Å². The van der Waals surface area contributed by atoms with Gasteiger partial charge in [-0.1, -0.05) is 6.07 Å². The molecular formula is C21H27N3O4S. The van der Waals surface area contributed by atoms with E-state index >= 15 is 0 Å². The normalized spacial score (nSPS) is 20.5. The highest BCUT2D eigenvalue weighted by Crippen LogP contribution is 2.28. The molecule has 2 aromatic rings. The summed E-state index contributed by atoms with van der Waals surface area (Å²) in [5, 5.41) is 4.58. The number of methoxy groups -OCH3 is 1. The van der Waals surface area contributed by atoms with Crippen LogP contribution in [0.15, 0.2) is 18.2 Å². The number of sulfone groups is 1. The van der Waals surface area contributed by atoms with Gasteiger partial charge in [0.2, 0.25) is 5.91 Å². The van der Waals surface area contributed by atoms with E-state index in [4.69, 9.17) is 4.74 Å². The second-order valence-corrected chi connectivity index (χ2v) is 10.3. The molecule has 0 aliphatic carbocycles. The Morgan fingerprint density at radius 3 is 2.76 bits per heavy atom. The minimum atomic E-state index is -2.98. The van der Waals surface area contributed by atoms with Crippen LogP contribution in [0.4, 0.5) is 0 Å². The molecule has 0 radical (unpaired) electrons. The summed E-state index contributed by atoms with van der Waals surface area (Å²) < 4.78 is 30.8. The highest BCUT2D eigenvalue weighted by atomic mass is 32.2. The lowest BCUT2D eigenvalue weighted by molar-refractivity contribution is -0.131. The second kappa shape index (κ2) is 7.48. The number of fused-ring (bicyclic) bond motifs is 1. The van der Waals surface area contributed by atoms with Crippen LogP contribution in [0.3, 0.4) is 0 Å². The highest BCUT2D eigenvalue weighted by Gasteiger charge is 2.32. The Morgan fingerprint density at radius 2 is 2.07 bits per heavy atom. The zero-order valence-corrected chi connectivity index (χ0v) is 18.0. The number of ether oxygens (including phenoxy) is 1. The molecule has 2 aliphatic heterocycles. The molecule has 8 heteroatoms. The molecule has 2 aliphatic rings. The summed E-state index contributed by atoms with van der Waals surface area (Å²) in [6.07, 6.45) is 1.70. The first-order chi connectivity index (χ1) is 13.8. The highest BCUT2D eigenvalue weighted by molar-refractivity contribution is 7.91. The molecule has 0 saturated carbocycles. The van der Waals surface area contributed by atoms with Crippen molar-refractivity contribution in [3.63, 3.8) is 0 Å². The first kappa shape index (κ1) is 19.9. The van der Waals surface area contributed by atoms with Gasteiger partial charge in [0, 0.05) is 24.3 Å². The zero-order valence-electron chi connectivity index (χ0n) is 17.1. The number of benzene rings is 1. The SMILES string of the molecule is COc1ccc2c(c1)CCN(C(=O)Cc1c(C)nn(C3CCS(=O)(=O)C3)c1C)C2. The van der Waals surface area contributed by atoms with Gasteiger partial charge in [0.05, 0.1) is 36.8 Å². The fourth-order valence-electron chi connectivity index (χ4n) is 4.41. The molecule has 29 heavy (non-hydrogen) atoms.